The molecule has 0 spiro atoms. The first-order chi connectivity index (χ1) is 14.9. The van der Waals surface area contributed by atoms with Gasteiger partial charge in [-0.25, -0.2) is 4.39 Å². The van der Waals surface area contributed by atoms with Crippen LogP contribution in [0, 0.1) is 11.7 Å². The van der Waals surface area contributed by atoms with Gasteiger partial charge in [0.1, 0.15) is 5.82 Å². The molecule has 0 N–H and O–H groups in total. The number of methoxy groups -OCH3 is 2. The molecule has 0 fully saturated rings. The zero-order chi connectivity index (χ0) is 22.4. The molecule has 1 heterocycles. The van der Waals surface area contributed by atoms with Gasteiger partial charge in [-0.15, -0.1) is 0 Å². The van der Waals surface area contributed by atoms with Crippen LogP contribution in [0.2, 0.25) is 0 Å². The number of carbonyl (C=O) groups is 1. The van der Waals surface area contributed by atoms with E-state index in [4.69, 9.17) is 14.3 Å². The van der Waals surface area contributed by atoms with Crippen molar-refractivity contribution in [2.24, 2.45) is 11.1 Å². The van der Waals surface area contributed by atoms with Gasteiger partial charge < -0.3 is 19.2 Å². The number of amides is 1. The molecule has 31 heavy (non-hydrogen) atoms. The van der Waals surface area contributed by atoms with Crippen molar-refractivity contribution >= 4 is 11.6 Å². The second kappa shape index (κ2) is 10.3. The number of benzene rings is 2. The summed E-state index contributed by atoms with van der Waals surface area (Å²) in [5.74, 6) is 1.19. The largest absolute Gasteiger partial charge is 0.493 e. The van der Waals surface area contributed by atoms with Gasteiger partial charge in [0.2, 0.25) is 5.91 Å². The molecule has 3 rings (SSSR count). The van der Waals surface area contributed by atoms with Gasteiger partial charge in [0.05, 0.1) is 26.5 Å². The lowest BCUT2D eigenvalue weighted by molar-refractivity contribution is -0.134. The van der Waals surface area contributed by atoms with Crippen molar-refractivity contribution in [1.82, 2.24) is 4.90 Å². The Bertz CT molecular complexity index is 945. The highest BCUT2D eigenvalue weighted by molar-refractivity contribution is 6.01. The number of hydrogen-bond donors (Lipinski definition) is 0. The van der Waals surface area contributed by atoms with E-state index in [9.17, 15) is 9.18 Å². The van der Waals surface area contributed by atoms with Gasteiger partial charge in [0, 0.05) is 24.9 Å². The van der Waals surface area contributed by atoms with Crippen molar-refractivity contribution in [3.63, 3.8) is 0 Å². The minimum atomic E-state index is -0.315. The molecular formula is C24H29FN2O4. The summed E-state index contributed by atoms with van der Waals surface area (Å²) >= 11 is 0. The SMILES string of the molecule is COc1ccc(C2=NO[C@H](CN(Cc3cccc(F)c3)C(=O)CC(C)C)C2)cc1OC. The molecule has 1 amide bonds. The number of rotatable bonds is 9. The maximum absolute atomic E-state index is 13.6. The summed E-state index contributed by atoms with van der Waals surface area (Å²) < 4.78 is 24.3. The summed E-state index contributed by atoms with van der Waals surface area (Å²) in [5.41, 5.74) is 2.41. The molecule has 1 aliphatic heterocycles. The molecule has 1 aliphatic rings. The van der Waals surface area contributed by atoms with E-state index in [-0.39, 0.29) is 23.7 Å². The minimum absolute atomic E-state index is 0.0161. The second-order valence-corrected chi connectivity index (χ2v) is 8.04. The molecule has 6 nitrogen and oxygen atoms in total. The van der Waals surface area contributed by atoms with Gasteiger partial charge in [-0.1, -0.05) is 31.1 Å². The van der Waals surface area contributed by atoms with E-state index in [1.807, 2.05) is 38.1 Å². The van der Waals surface area contributed by atoms with E-state index in [1.165, 1.54) is 12.1 Å². The first-order valence-corrected chi connectivity index (χ1v) is 10.4. The molecule has 0 saturated heterocycles. The van der Waals surface area contributed by atoms with Crippen molar-refractivity contribution in [3.8, 4) is 11.5 Å². The van der Waals surface area contributed by atoms with Crippen LogP contribution in [-0.4, -0.2) is 43.4 Å². The molecule has 1 atom stereocenters. The van der Waals surface area contributed by atoms with Crippen LogP contribution in [0.3, 0.4) is 0 Å². The Morgan fingerprint density at radius 2 is 1.97 bits per heavy atom. The molecule has 166 valence electrons. The summed E-state index contributed by atoms with van der Waals surface area (Å²) in [7, 11) is 3.17. The summed E-state index contributed by atoms with van der Waals surface area (Å²) in [6.07, 6.45) is 0.711. The topological polar surface area (TPSA) is 60.4 Å². The van der Waals surface area contributed by atoms with Crippen LogP contribution < -0.4 is 9.47 Å². The summed E-state index contributed by atoms with van der Waals surface area (Å²) in [4.78, 5) is 20.2. The van der Waals surface area contributed by atoms with E-state index in [2.05, 4.69) is 5.16 Å². The molecule has 0 aromatic heterocycles. The predicted octanol–water partition coefficient (Wildman–Crippen LogP) is 4.41. The molecule has 0 bridgehead atoms. The fourth-order valence-electron chi connectivity index (χ4n) is 3.55. The number of hydrogen-bond acceptors (Lipinski definition) is 5. The predicted molar refractivity (Wildman–Crippen MR) is 117 cm³/mol. The number of ether oxygens (including phenoxy) is 2. The summed E-state index contributed by atoms with van der Waals surface area (Å²) in [6.45, 7) is 4.71. The molecule has 2 aromatic rings. The van der Waals surface area contributed by atoms with E-state index in [0.29, 0.717) is 37.4 Å². The normalized spacial score (nSPS) is 15.4. The Labute approximate surface area is 182 Å². The molecular weight excluding hydrogens is 399 g/mol. The van der Waals surface area contributed by atoms with Crippen molar-refractivity contribution in [1.29, 1.82) is 0 Å². The van der Waals surface area contributed by atoms with E-state index in [0.717, 1.165) is 16.8 Å². The summed E-state index contributed by atoms with van der Waals surface area (Å²) in [5, 5.41) is 4.24. The lowest BCUT2D eigenvalue weighted by Gasteiger charge is -2.26. The Morgan fingerprint density at radius 3 is 2.65 bits per heavy atom. The van der Waals surface area contributed by atoms with Crippen LogP contribution in [0.5, 0.6) is 11.5 Å². The highest BCUT2D eigenvalue weighted by Gasteiger charge is 2.27. The van der Waals surface area contributed by atoms with Gasteiger partial charge in [0.15, 0.2) is 17.6 Å². The van der Waals surface area contributed by atoms with Crippen molar-refractivity contribution in [3.05, 3.63) is 59.4 Å². The average molecular weight is 429 g/mol. The van der Waals surface area contributed by atoms with Crippen LogP contribution in [0.15, 0.2) is 47.6 Å². The average Bonchev–Trinajstić information content (AvgIpc) is 3.21. The molecule has 0 aliphatic carbocycles. The second-order valence-electron chi connectivity index (χ2n) is 8.04. The van der Waals surface area contributed by atoms with Crippen LogP contribution >= 0.6 is 0 Å². The van der Waals surface area contributed by atoms with Crippen LogP contribution in [-0.2, 0) is 16.2 Å². The maximum Gasteiger partial charge on any atom is 0.223 e. The highest BCUT2D eigenvalue weighted by Crippen LogP contribution is 2.29. The minimum Gasteiger partial charge on any atom is -0.493 e. The van der Waals surface area contributed by atoms with Gasteiger partial charge in [-0.05, 0) is 41.8 Å². The Kier molecular flexibility index (Phi) is 7.50. The van der Waals surface area contributed by atoms with Crippen LogP contribution in [0.1, 0.15) is 37.8 Å². The van der Waals surface area contributed by atoms with E-state index >= 15 is 0 Å². The van der Waals surface area contributed by atoms with E-state index < -0.39 is 0 Å². The molecule has 7 heteroatoms. The quantitative estimate of drug-likeness (QED) is 0.594. The van der Waals surface area contributed by atoms with Gasteiger partial charge in [-0.2, -0.15) is 0 Å². The Hall–Kier alpha value is -3.09. The monoisotopic (exact) mass is 428 g/mol. The molecule has 0 unspecified atom stereocenters. The van der Waals surface area contributed by atoms with Crippen LogP contribution in [0.4, 0.5) is 4.39 Å². The van der Waals surface area contributed by atoms with Gasteiger partial charge in [-0.3, -0.25) is 4.79 Å². The first kappa shape index (κ1) is 22.6. The molecule has 0 saturated carbocycles. The van der Waals surface area contributed by atoms with Crippen LogP contribution in [0.25, 0.3) is 0 Å². The van der Waals surface area contributed by atoms with Gasteiger partial charge >= 0.3 is 0 Å². The molecule has 0 radical (unpaired) electrons. The zero-order valence-corrected chi connectivity index (χ0v) is 18.4. The highest BCUT2D eigenvalue weighted by atomic mass is 19.1. The standard InChI is InChI=1S/C24H29FN2O4/c1-16(2)10-24(28)27(14-17-6-5-7-19(25)11-17)15-20-13-21(26-31-20)18-8-9-22(29-3)23(12-18)30-4/h5-9,11-12,16,20H,10,13-15H2,1-4H3/t20-/m0/s1. The first-order valence-electron chi connectivity index (χ1n) is 10.4. The maximum atomic E-state index is 13.6. The van der Waals surface area contributed by atoms with Crippen molar-refractivity contribution in [2.45, 2.75) is 39.3 Å². The number of oxime groups is 1. The fraction of sp³-hybridized carbons (Fsp3) is 0.417. The fourth-order valence-corrected chi connectivity index (χ4v) is 3.55. The lowest BCUT2D eigenvalue weighted by Crippen LogP contribution is -2.37. The van der Waals surface area contributed by atoms with E-state index in [1.54, 1.807) is 25.2 Å². The third-order valence-electron chi connectivity index (χ3n) is 5.07. The number of halogens is 1. The zero-order valence-electron chi connectivity index (χ0n) is 18.4. The third-order valence-corrected chi connectivity index (χ3v) is 5.07. The Balaban J connectivity index is 1.70. The van der Waals surface area contributed by atoms with Crippen molar-refractivity contribution < 1.29 is 23.5 Å². The van der Waals surface area contributed by atoms with Gasteiger partial charge in [0.25, 0.3) is 0 Å². The number of carbonyl (C=O) groups excluding carboxylic acids is 1. The smallest absolute Gasteiger partial charge is 0.223 e. The Morgan fingerprint density at radius 1 is 1.19 bits per heavy atom. The molecule has 2 aromatic carbocycles. The summed E-state index contributed by atoms with van der Waals surface area (Å²) in [6, 6.07) is 11.9. The lowest BCUT2D eigenvalue weighted by atomic mass is 10.0. The number of nitrogens with zero attached hydrogens (tertiary/aromatic N) is 2. The van der Waals surface area contributed by atoms with Crippen molar-refractivity contribution in [2.75, 3.05) is 20.8 Å². The third kappa shape index (κ3) is 5.96.